The fourth-order valence-corrected chi connectivity index (χ4v) is 2.56. The van der Waals surface area contributed by atoms with Crippen LogP contribution in [-0.2, 0) is 20.5 Å². The molecule has 30 heavy (non-hydrogen) atoms. The number of esters is 1. The van der Waals surface area contributed by atoms with Crippen LogP contribution in [0.2, 0.25) is 5.02 Å². The number of hydrogen-bond donors (Lipinski definition) is 2. The smallest absolute Gasteiger partial charge is 0.418 e. The monoisotopic (exact) mass is 444 g/mol. The first-order chi connectivity index (χ1) is 14.1. The lowest BCUT2D eigenvalue weighted by Crippen LogP contribution is -2.32. The summed E-state index contributed by atoms with van der Waals surface area (Å²) in [5, 5.41) is 3.94. The van der Waals surface area contributed by atoms with Crippen molar-refractivity contribution in [2.24, 2.45) is 0 Å². The topological polar surface area (TPSA) is 93.7 Å². The van der Waals surface area contributed by atoms with Gasteiger partial charge in [-0.2, -0.15) is 13.2 Å². The molecule has 0 spiro atoms. The maximum absolute atomic E-state index is 13.0. The quantitative estimate of drug-likeness (QED) is 0.639. The molecule has 0 bridgehead atoms. The Morgan fingerprint density at radius 3 is 2.43 bits per heavy atom. The van der Waals surface area contributed by atoms with Crippen LogP contribution in [0.3, 0.4) is 0 Å². The molecule has 0 radical (unpaired) electrons. The van der Waals surface area contributed by atoms with Crippen molar-refractivity contribution in [3.8, 4) is 5.75 Å². The van der Waals surface area contributed by atoms with Gasteiger partial charge in [0, 0.05) is 0 Å². The maximum atomic E-state index is 13.0. The van der Waals surface area contributed by atoms with E-state index in [2.05, 4.69) is 10.1 Å². The minimum atomic E-state index is -4.74. The second-order valence-corrected chi connectivity index (χ2v) is 6.16. The van der Waals surface area contributed by atoms with Gasteiger partial charge < -0.3 is 20.1 Å². The Bertz CT molecular complexity index is 950. The highest BCUT2D eigenvalue weighted by molar-refractivity contribution is 6.34. The predicted octanol–water partition coefficient (Wildman–Crippen LogP) is 3.28. The molecule has 7 nitrogen and oxygen atoms in total. The van der Waals surface area contributed by atoms with E-state index in [4.69, 9.17) is 16.3 Å². The van der Waals surface area contributed by atoms with Crippen LogP contribution in [0.25, 0.3) is 0 Å². The highest BCUT2D eigenvalue weighted by Gasteiger charge is 2.34. The Hall–Kier alpha value is -3.27. The summed E-state index contributed by atoms with van der Waals surface area (Å²) in [6.45, 7) is -1.43. The second-order valence-electron chi connectivity index (χ2n) is 5.75. The van der Waals surface area contributed by atoms with Crippen LogP contribution in [0.4, 0.5) is 18.9 Å². The highest BCUT2D eigenvalue weighted by Crippen LogP contribution is 2.38. The lowest BCUT2D eigenvalue weighted by molar-refractivity contribution is -0.146. The third-order valence-corrected chi connectivity index (χ3v) is 4.01. The normalized spacial score (nSPS) is 10.8. The number of amides is 2. The number of carbonyl (C=O) groups excluding carboxylic acids is 3. The fraction of sp³-hybridized carbons (Fsp3) is 0.211. The SMILES string of the molecule is COc1ccccc1C(=O)NCC(=O)OCC(=O)Nc1c(Cl)cccc1C(F)(F)F. The zero-order valence-corrected chi connectivity index (χ0v) is 16.3. The maximum Gasteiger partial charge on any atom is 0.418 e. The average molecular weight is 445 g/mol. The molecule has 2 aromatic rings. The molecular weight excluding hydrogens is 429 g/mol. The first-order valence-electron chi connectivity index (χ1n) is 8.36. The van der Waals surface area contributed by atoms with E-state index in [-0.39, 0.29) is 10.6 Å². The number of alkyl halides is 3. The van der Waals surface area contributed by atoms with E-state index in [1.165, 1.54) is 19.2 Å². The molecule has 11 heteroatoms. The van der Waals surface area contributed by atoms with Crippen molar-refractivity contribution < 1.29 is 37.0 Å². The highest BCUT2D eigenvalue weighted by atomic mass is 35.5. The summed E-state index contributed by atoms with van der Waals surface area (Å²) in [6.07, 6.45) is -4.74. The lowest BCUT2D eigenvalue weighted by atomic mass is 10.1. The minimum Gasteiger partial charge on any atom is -0.496 e. The summed E-state index contributed by atoms with van der Waals surface area (Å²) in [4.78, 5) is 35.7. The zero-order chi connectivity index (χ0) is 22.3. The van der Waals surface area contributed by atoms with Crippen LogP contribution in [0.1, 0.15) is 15.9 Å². The average Bonchev–Trinajstić information content (AvgIpc) is 2.71. The molecular formula is C19H16ClF3N2O5. The van der Waals surface area contributed by atoms with Crippen LogP contribution in [-0.4, -0.2) is 38.0 Å². The van der Waals surface area contributed by atoms with Gasteiger partial charge in [0.15, 0.2) is 6.61 Å². The lowest BCUT2D eigenvalue weighted by Gasteiger charge is -2.15. The molecule has 0 saturated carbocycles. The number of ether oxygens (including phenoxy) is 2. The van der Waals surface area contributed by atoms with Gasteiger partial charge >= 0.3 is 12.1 Å². The molecule has 0 saturated heterocycles. The molecule has 0 aliphatic rings. The molecule has 0 heterocycles. The summed E-state index contributed by atoms with van der Waals surface area (Å²) >= 11 is 5.73. The molecule has 0 unspecified atom stereocenters. The number of anilines is 1. The van der Waals surface area contributed by atoms with Gasteiger partial charge in [-0.25, -0.2) is 0 Å². The largest absolute Gasteiger partial charge is 0.496 e. The molecule has 2 aromatic carbocycles. The number of nitrogens with one attached hydrogen (secondary N) is 2. The zero-order valence-electron chi connectivity index (χ0n) is 15.5. The van der Waals surface area contributed by atoms with Gasteiger partial charge in [0.1, 0.15) is 12.3 Å². The van der Waals surface area contributed by atoms with Crippen molar-refractivity contribution >= 4 is 35.1 Å². The molecule has 0 atom stereocenters. The number of rotatable bonds is 7. The van der Waals surface area contributed by atoms with Crippen molar-refractivity contribution in [3.05, 3.63) is 58.6 Å². The van der Waals surface area contributed by atoms with Crippen molar-refractivity contribution in [2.75, 3.05) is 25.6 Å². The van der Waals surface area contributed by atoms with Crippen LogP contribution in [0.5, 0.6) is 5.75 Å². The van der Waals surface area contributed by atoms with Gasteiger partial charge in [0.05, 0.1) is 28.9 Å². The van der Waals surface area contributed by atoms with Crippen molar-refractivity contribution in [3.63, 3.8) is 0 Å². The van der Waals surface area contributed by atoms with Crippen molar-refractivity contribution in [1.29, 1.82) is 0 Å². The second kappa shape index (κ2) is 9.97. The van der Waals surface area contributed by atoms with E-state index in [1.807, 2.05) is 5.32 Å². The first-order valence-corrected chi connectivity index (χ1v) is 8.73. The van der Waals surface area contributed by atoms with E-state index in [0.717, 1.165) is 12.1 Å². The molecule has 2 amide bonds. The Morgan fingerprint density at radius 1 is 1.07 bits per heavy atom. The molecule has 0 fully saturated rings. The predicted molar refractivity (Wildman–Crippen MR) is 101 cm³/mol. The van der Waals surface area contributed by atoms with Gasteiger partial charge in [-0.15, -0.1) is 0 Å². The summed E-state index contributed by atoms with van der Waals surface area (Å²) in [5.74, 6) is -2.32. The molecule has 0 aromatic heterocycles. The summed E-state index contributed by atoms with van der Waals surface area (Å²) in [7, 11) is 1.38. The number of methoxy groups -OCH3 is 1. The minimum absolute atomic E-state index is 0.184. The van der Waals surface area contributed by atoms with Crippen molar-refractivity contribution in [2.45, 2.75) is 6.18 Å². The van der Waals surface area contributed by atoms with E-state index in [0.29, 0.717) is 5.75 Å². The Kier molecular flexibility index (Phi) is 7.65. The van der Waals surface area contributed by atoms with Crippen LogP contribution in [0.15, 0.2) is 42.5 Å². The van der Waals surface area contributed by atoms with Gasteiger partial charge in [-0.1, -0.05) is 29.8 Å². The van der Waals surface area contributed by atoms with Gasteiger partial charge in [-0.05, 0) is 24.3 Å². The Morgan fingerprint density at radius 2 is 1.77 bits per heavy atom. The number of halogens is 4. The van der Waals surface area contributed by atoms with Gasteiger partial charge in [-0.3, -0.25) is 14.4 Å². The summed E-state index contributed by atoms with van der Waals surface area (Å²) in [5.41, 5.74) is -1.60. The third-order valence-electron chi connectivity index (χ3n) is 3.69. The van der Waals surface area contributed by atoms with E-state index >= 15 is 0 Å². The number of benzene rings is 2. The Balaban J connectivity index is 1.89. The van der Waals surface area contributed by atoms with Crippen LogP contribution >= 0.6 is 11.6 Å². The van der Waals surface area contributed by atoms with E-state index < -0.39 is 48.4 Å². The molecule has 2 rings (SSSR count). The van der Waals surface area contributed by atoms with Crippen LogP contribution in [0, 0.1) is 0 Å². The first kappa shape index (κ1) is 23.0. The van der Waals surface area contributed by atoms with Gasteiger partial charge in [0.25, 0.3) is 11.8 Å². The van der Waals surface area contributed by atoms with E-state index in [1.54, 1.807) is 18.2 Å². The standard InChI is InChI=1S/C19H16ClF3N2O5/c1-29-14-8-3-2-5-11(14)18(28)24-9-16(27)30-10-15(26)25-17-12(19(21,22)23)6-4-7-13(17)20/h2-8H,9-10H2,1H3,(H,24,28)(H,25,26). The fourth-order valence-electron chi connectivity index (χ4n) is 2.34. The molecule has 0 aliphatic heterocycles. The Labute approximate surface area is 174 Å². The molecule has 160 valence electrons. The van der Waals surface area contributed by atoms with E-state index in [9.17, 15) is 27.6 Å². The number of hydrogen-bond acceptors (Lipinski definition) is 5. The molecule has 2 N–H and O–H groups in total. The number of carbonyl (C=O) groups is 3. The summed E-state index contributed by atoms with van der Waals surface area (Å²) < 4.78 is 48.7. The molecule has 0 aliphatic carbocycles. The van der Waals surface area contributed by atoms with Crippen molar-refractivity contribution in [1.82, 2.24) is 5.32 Å². The van der Waals surface area contributed by atoms with Gasteiger partial charge in [0.2, 0.25) is 0 Å². The third kappa shape index (κ3) is 6.11. The van der Waals surface area contributed by atoms with Crippen LogP contribution < -0.4 is 15.4 Å². The number of para-hydroxylation sites is 2. The summed E-state index contributed by atoms with van der Waals surface area (Å²) in [6, 6.07) is 9.31.